The first-order chi connectivity index (χ1) is 8.11. The predicted molar refractivity (Wildman–Crippen MR) is 56.7 cm³/mol. The number of hydrogen-bond acceptors (Lipinski definition) is 3. The van der Waals surface area contributed by atoms with Crippen molar-refractivity contribution >= 4 is 0 Å². The Morgan fingerprint density at radius 2 is 2.18 bits per heavy atom. The topological polar surface area (TPSA) is 38.7 Å². The van der Waals surface area contributed by atoms with Crippen LogP contribution < -0.4 is 0 Å². The molecule has 5 heteroatoms. The Bertz CT molecular complexity index is 409. The van der Waals surface area contributed by atoms with E-state index in [1.54, 1.807) is 7.11 Å². The fourth-order valence-electron chi connectivity index (χ4n) is 2.03. The molecule has 0 aromatic heterocycles. The van der Waals surface area contributed by atoms with Gasteiger partial charge in [0.2, 0.25) is 0 Å². The van der Waals surface area contributed by atoms with Gasteiger partial charge in [0.15, 0.2) is 11.6 Å². The number of phenols is 1. The van der Waals surface area contributed by atoms with Gasteiger partial charge in [0, 0.05) is 31.8 Å². The third-order valence-electron chi connectivity index (χ3n) is 2.96. The number of benzene rings is 1. The van der Waals surface area contributed by atoms with Gasteiger partial charge in [0.1, 0.15) is 5.75 Å². The summed E-state index contributed by atoms with van der Waals surface area (Å²) in [6, 6.07) is 1.94. The van der Waals surface area contributed by atoms with Crippen LogP contribution in [0.3, 0.4) is 0 Å². The Morgan fingerprint density at radius 3 is 2.88 bits per heavy atom. The van der Waals surface area contributed by atoms with E-state index in [0.29, 0.717) is 13.0 Å². The van der Waals surface area contributed by atoms with Crippen LogP contribution in [0.15, 0.2) is 12.1 Å². The highest BCUT2D eigenvalue weighted by Crippen LogP contribution is 2.33. The highest BCUT2D eigenvalue weighted by molar-refractivity contribution is 5.31. The maximum Gasteiger partial charge on any atom is 0.164 e. The van der Waals surface area contributed by atoms with Crippen molar-refractivity contribution in [2.45, 2.75) is 25.0 Å². The summed E-state index contributed by atoms with van der Waals surface area (Å²) >= 11 is 0. The molecule has 2 unspecified atom stereocenters. The van der Waals surface area contributed by atoms with Crippen LogP contribution in [-0.2, 0) is 9.47 Å². The molecule has 0 aliphatic carbocycles. The largest absolute Gasteiger partial charge is 0.508 e. The molecule has 0 amide bonds. The average molecular weight is 244 g/mol. The molecule has 0 saturated carbocycles. The van der Waals surface area contributed by atoms with Gasteiger partial charge >= 0.3 is 0 Å². The van der Waals surface area contributed by atoms with Crippen LogP contribution in [0.5, 0.6) is 5.75 Å². The Labute approximate surface area is 98.0 Å². The lowest BCUT2D eigenvalue weighted by atomic mass is 9.98. The second-order valence-corrected chi connectivity index (χ2v) is 4.07. The Balaban J connectivity index is 2.27. The third kappa shape index (κ3) is 2.56. The molecule has 0 bridgehead atoms. The van der Waals surface area contributed by atoms with E-state index in [2.05, 4.69) is 0 Å². The summed E-state index contributed by atoms with van der Waals surface area (Å²) in [5.41, 5.74) is 0.0456. The Kier molecular flexibility index (Phi) is 3.59. The molecular formula is C12H14F2O3. The van der Waals surface area contributed by atoms with Crippen LogP contribution in [-0.4, -0.2) is 24.9 Å². The second kappa shape index (κ2) is 4.98. The average Bonchev–Trinajstić information content (AvgIpc) is 2.34. The molecule has 1 aromatic rings. The van der Waals surface area contributed by atoms with Crippen molar-refractivity contribution in [1.82, 2.24) is 0 Å². The van der Waals surface area contributed by atoms with E-state index in [9.17, 15) is 13.9 Å². The van der Waals surface area contributed by atoms with Crippen LogP contribution in [0, 0.1) is 11.6 Å². The molecule has 94 valence electrons. The fraction of sp³-hybridized carbons (Fsp3) is 0.500. The van der Waals surface area contributed by atoms with E-state index in [1.165, 1.54) is 6.07 Å². The molecule has 1 heterocycles. The molecule has 1 aliphatic heterocycles. The molecule has 17 heavy (non-hydrogen) atoms. The maximum absolute atomic E-state index is 13.6. The number of hydrogen-bond donors (Lipinski definition) is 1. The Hall–Kier alpha value is -1.20. The summed E-state index contributed by atoms with van der Waals surface area (Å²) < 4.78 is 37.3. The zero-order valence-electron chi connectivity index (χ0n) is 9.45. The first-order valence-electron chi connectivity index (χ1n) is 5.44. The standard InChI is InChI=1S/C12H14F2O3/c1-16-8-2-3-17-11(6-8)9-4-7(15)5-10(13)12(9)14/h4-5,8,11,15H,2-3,6H2,1H3. The van der Waals surface area contributed by atoms with Gasteiger partial charge in [-0.1, -0.05) is 0 Å². The van der Waals surface area contributed by atoms with E-state index in [-0.39, 0.29) is 17.4 Å². The first kappa shape index (κ1) is 12.3. The second-order valence-electron chi connectivity index (χ2n) is 4.07. The van der Waals surface area contributed by atoms with Gasteiger partial charge < -0.3 is 14.6 Å². The zero-order chi connectivity index (χ0) is 12.4. The fourth-order valence-corrected chi connectivity index (χ4v) is 2.03. The normalized spacial score (nSPS) is 24.9. The number of aromatic hydroxyl groups is 1. The molecule has 0 spiro atoms. The van der Waals surface area contributed by atoms with Crippen molar-refractivity contribution in [3.8, 4) is 5.75 Å². The smallest absolute Gasteiger partial charge is 0.164 e. The molecule has 2 atom stereocenters. The monoisotopic (exact) mass is 244 g/mol. The zero-order valence-corrected chi connectivity index (χ0v) is 9.45. The van der Waals surface area contributed by atoms with E-state index in [1.807, 2.05) is 0 Å². The van der Waals surface area contributed by atoms with Gasteiger partial charge in [-0.2, -0.15) is 0 Å². The summed E-state index contributed by atoms with van der Waals surface area (Å²) in [4.78, 5) is 0. The molecule has 1 fully saturated rings. The van der Waals surface area contributed by atoms with Crippen molar-refractivity contribution in [3.63, 3.8) is 0 Å². The van der Waals surface area contributed by atoms with Crippen molar-refractivity contribution in [3.05, 3.63) is 29.3 Å². The lowest BCUT2D eigenvalue weighted by Gasteiger charge is -2.29. The van der Waals surface area contributed by atoms with Crippen molar-refractivity contribution in [2.75, 3.05) is 13.7 Å². The molecule has 1 aliphatic rings. The lowest BCUT2D eigenvalue weighted by Crippen LogP contribution is -2.25. The molecule has 1 N–H and O–H groups in total. The first-order valence-corrected chi connectivity index (χ1v) is 5.44. The number of ether oxygens (including phenoxy) is 2. The van der Waals surface area contributed by atoms with E-state index >= 15 is 0 Å². The van der Waals surface area contributed by atoms with Crippen molar-refractivity contribution < 1.29 is 23.4 Å². The highest BCUT2D eigenvalue weighted by atomic mass is 19.2. The van der Waals surface area contributed by atoms with Crippen LogP contribution in [0.2, 0.25) is 0 Å². The van der Waals surface area contributed by atoms with Gasteiger partial charge in [-0.25, -0.2) is 8.78 Å². The molecule has 1 saturated heterocycles. The summed E-state index contributed by atoms with van der Waals surface area (Å²) in [6.07, 6.45) is 0.584. The minimum absolute atomic E-state index is 0.0291. The lowest BCUT2D eigenvalue weighted by molar-refractivity contribution is -0.0613. The van der Waals surface area contributed by atoms with Gasteiger partial charge in [0.05, 0.1) is 12.2 Å². The molecule has 0 radical (unpaired) electrons. The summed E-state index contributed by atoms with van der Waals surface area (Å²) in [6.45, 7) is 0.430. The summed E-state index contributed by atoms with van der Waals surface area (Å²) in [5, 5.41) is 9.28. The number of rotatable bonds is 2. The van der Waals surface area contributed by atoms with Crippen molar-refractivity contribution in [2.24, 2.45) is 0 Å². The molecular weight excluding hydrogens is 230 g/mol. The third-order valence-corrected chi connectivity index (χ3v) is 2.96. The summed E-state index contributed by atoms with van der Waals surface area (Å²) in [5.74, 6) is -2.34. The van der Waals surface area contributed by atoms with Crippen molar-refractivity contribution in [1.29, 1.82) is 0 Å². The van der Waals surface area contributed by atoms with Crippen LogP contribution in [0.1, 0.15) is 24.5 Å². The maximum atomic E-state index is 13.6. The Morgan fingerprint density at radius 1 is 1.41 bits per heavy atom. The molecule has 3 nitrogen and oxygen atoms in total. The van der Waals surface area contributed by atoms with Gasteiger partial charge in [-0.3, -0.25) is 0 Å². The van der Waals surface area contributed by atoms with Crippen LogP contribution in [0.4, 0.5) is 8.78 Å². The van der Waals surface area contributed by atoms with E-state index in [4.69, 9.17) is 9.47 Å². The van der Waals surface area contributed by atoms with Gasteiger partial charge in [-0.05, 0) is 12.5 Å². The SMILES string of the molecule is COC1CCOC(c2cc(O)cc(F)c2F)C1. The van der Waals surface area contributed by atoms with Crippen LogP contribution in [0.25, 0.3) is 0 Å². The van der Waals surface area contributed by atoms with Gasteiger partial charge in [-0.15, -0.1) is 0 Å². The van der Waals surface area contributed by atoms with E-state index < -0.39 is 17.7 Å². The number of halogens is 2. The predicted octanol–water partition coefficient (Wildman–Crippen LogP) is 2.54. The minimum atomic E-state index is -1.07. The molecule has 1 aromatic carbocycles. The summed E-state index contributed by atoms with van der Waals surface area (Å²) in [7, 11) is 1.58. The van der Waals surface area contributed by atoms with Crippen LogP contribution >= 0.6 is 0 Å². The quantitative estimate of drug-likeness (QED) is 0.868. The van der Waals surface area contributed by atoms with Gasteiger partial charge in [0.25, 0.3) is 0 Å². The highest BCUT2D eigenvalue weighted by Gasteiger charge is 2.27. The minimum Gasteiger partial charge on any atom is -0.508 e. The number of methoxy groups -OCH3 is 1. The number of phenolic OH excluding ortho intramolecular Hbond substituents is 1. The molecule has 2 rings (SSSR count). The van der Waals surface area contributed by atoms with E-state index in [0.717, 1.165) is 12.5 Å².